The molecule has 1 N–H and O–H groups in total. The second-order valence-electron chi connectivity index (χ2n) is 7.83. The van der Waals surface area contributed by atoms with Crippen LogP contribution in [0, 0.1) is 0 Å². The third-order valence-corrected chi connectivity index (χ3v) is 5.62. The molecule has 0 spiro atoms. The molecule has 2 heterocycles. The van der Waals surface area contributed by atoms with Gasteiger partial charge in [0, 0.05) is 45.1 Å². The van der Waals surface area contributed by atoms with E-state index in [2.05, 4.69) is 9.97 Å². The van der Waals surface area contributed by atoms with E-state index in [4.69, 9.17) is 9.47 Å². The lowest BCUT2D eigenvalue weighted by atomic mass is 10.2. The molecule has 0 unspecified atom stereocenters. The van der Waals surface area contributed by atoms with Crippen LogP contribution in [0.15, 0.2) is 36.7 Å². The van der Waals surface area contributed by atoms with Crippen LogP contribution in [0.5, 0.6) is 5.75 Å². The fraction of sp³-hybridized carbons (Fsp3) is 0.522. The molecule has 1 aliphatic rings. The summed E-state index contributed by atoms with van der Waals surface area (Å²) in [4.78, 5) is 38.4. The number of methoxy groups -OCH3 is 1. The number of H-pyrrole nitrogens is 1. The van der Waals surface area contributed by atoms with Gasteiger partial charge in [0.25, 0.3) is 0 Å². The first kappa shape index (κ1) is 23.7. The Labute approximate surface area is 189 Å². The van der Waals surface area contributed by atoms with E-state index in [0.717, 1.165) is 17.1 Å². The second kappa shape index (κ2) is 11.6. The molecule has 1 atom stereocenters. The predicted molar refractivity (Wildman–Crippen MR) is 120 cm³/mol. The zero-order valence-electron chi connectivity index (χ0n) is 19.1. The molecule has 1 aromatic carbocycles. The van der Waals surface area contributed by atoms with Crippen molar-refractivity contribution in [2.45, 2.75) is 33.0 Å². The standard InChI is InChI=1S/C23H33N5O4/c1-4-27(5-2)23(30)17-32-20-13-26(15-21-24-10-11-25-21)16-22(29)28(14-20)12-18-6-8-19(31-3)9-7-18/h6-11,20H,4-5,12-17H2,1-3H3,(H,24,25)/t20-/m0/s1. The van der Waals surface area contributed by atoms with Crippen LogP contribution in [0.3, 0.4) is 0 Å². The highest BCUT2D eigenvalue weighted by molar-refractivity contribution is 5.79. The van der Waals surface area contributed by atoms with Gasteiger partial charge in [-0.15, -0.1) is 0 Å². The number of rotatable bonds is 10. The van der Waals surface area contributed by atoms with Crippen molar-refractivity contribution >= 4 is 11.8 Å². The van der Waals surface area contributed by atoms with E-state index in [9.17, 15) is 9.59 Å². The van der Waals surface area contributed by atoms with Gasteiger partial charge in [-0.25, -0.2) is 4.98 Å². The summed E-state index contributed by atoms with van der Waals surface area (Å²) in [6, 6.07) is 7.68. The molecule has 3 rings (SSSR count). The molecule has 2 amide bonds. The van der Waals surface area contributed by atoms with Gasteiger partial charge in [-0.2, -0.15) is 0 Å². The molecular weight excluding hydrogens is 410 g/mol. The minimum Gasteiger partial charge on any atom is -0.497 e. The largest absolute Gasteiger partial charge is 0.497 e. The van der Waals surface area contributed by atoms with Gasteiger partial charge in [0.05, 0.1) is 26.3 Å². The minimum atomic E-state index is -0.283. The molecule has 1 aliphatic heterocycles. The third-order valence-electron chi connectivity index (χ3n) is 5.62. The molecule has 32 heavy (non-hydrogen) atoms. The lowest BCUT2D eigenvalue weighted by molar-refractivity contribution is -0.138. The van der Waals surface area contributed by atoms with Crippen LogP contribution in [0.1, 0.15) is 25.2 Å². The summed E-state index contributed by atoms with van der Waals surface area (Å²) < 4.78 is 11.3. The highest BCUT2D eigenvalue weighted by atomic mass is 16.5. The Balaban J connectivity index is 1.70. The number of aromatic nitrogens is 2. The van der Waals surface area contributed by atoms with Gasteiger partial charge in [0.2, 0.25) is 11.8 Å². The number of aromatic amines is 1. The highest BCUT2D eigenvalue weighted by Crippen LogP contribution is 2.17. The second-order valence-corrected chi connectivity index (χ2v) is 7.83. The van der Waals surface area contributed by atoms with Crippen LogP contribution in [0.2, 0.25) is 0 Å². The van der Waals surface area contributed by atoms with Crippen molar-refractivity contribution < 1.29 is 19.1 Å². The highest BCUT2D eigenvalue weighted by Gasteiger charge is 2.29. The fourth-order valence-electron chi connectivity index (χ4n) is 3.83. The van der Waals surface area contributed by atoms with E-state index in [0.29, 0.717) is 39.3 Å². The molecule has 9 nitrogen and oxygen atoms in total. The first-order valence-corrected chi connectivity index (χ1v) is 11.0. The number of carbonyl (C=O) groups excluding carboxylic acids is 2. The summed E-state index contributed by atoms with van der Waals surface area (Å²) in [6.07, 6.45) is 3.18. The fourth-order valence-corrected chi connectivity index (χ4v) is 3.83. The number of nitrogens with zero attached hydrogens (tertiary/aromatic N) is 4. The van der Waals surface area contributed by atoms with E-state index in [1.54, 1.807) is 29.3 Å². The molecule has 0 bridgehead atoms. The van der Waals surface area contributed by atoms with Crippen LogP contribution in [-0.2, 0) is 27.4 Å². The summed E-state index contributed by atoms with van der Waals surface area (Å²) in [5.74, 6) is 1.55. The number of benzene rings is 1. The van der Waals surface area contributed by atoms with Gasteiger partial charge in [0.1, 0.15) is 18.2 Å². The average Bonchev–Trinajstić information content (AvgIpc) is 3.26. The van der Waals surface area contributed by atoms with Crippen molar-refractivity contribution in [2.24, 2.45) is 0 Å². The number of hydrogen-bond donors (Lipinski definition) is 1. The maximum absolute atomic E-state index is 13.1. The SMILES string of the molecule is CCN(CC)C(=O)CO[C@H]1CN(Cc2ncc[nH]2)CC(=O)N(Cc2ccc(OC)cc2)C1. The number of ether oxygens (including phenoxy) is 2. The Morgan fingerprint density at radius 3 is 2.56 bits per heavy atom. The quantitative estimate of drug-likeness (QED) is 0.599. The van der Waals surface area contributed by atoms with Crippen LogP contribution in [0.4, 0.5) is 0 Å². The number of hydrogen-bond acceptors (Lipinski definition) is 6. The van der Waals surface area contributed by atoms with Gasteiger partial charge < -0.3 is 24.3 Å². The van der Waals surface area contributed by atoms with Crippen LogP contribution < -0.4 is 4.74 Å². The van der Waals surface area contributed by atoms with E-state index in [1.807, 2.05) is 43.0 Å². The molecule has 174 valence electrons. The zero-order valence-corrected chi connectivity index (χ0v) is 19.1. The lowest BCUT2D eigenvalue weighted by Gasteiger charge is -2.26. The number of likely N-dealkylation sites (N-methyl/N-ethyl adjacent to an activating group) is 1. The number of amides is 2. The smallest absolute Gasteiger partial charge is 0.248 e. The Kier molecular flexibility index (Phi) is 8.64. The van der Waals surface area contributed by atoms with Gasteiger partial charge in [-0.05, 0) is 31.5 Å². The summed E-state index contributed by atoms with van der Waals surface area (Å²) in [7, 11) is 1.63. The molecular formula is C23H33N5O4. The zero-order chi connectivity index (χ0) is 22.9. The minimum absolute atomic E-state index is 0.00546. The van der Waals surface area contributed by atoms with E-state index in [1.165, 1.54) is 0 Å². The first-order chi connectivity index (χ1) is 15.5. The van der Waals surface area contributed by atoms with Crippen LogP contribution >= 0.6 is 0 Å². The normalized spacial score (nSPS) is 17.3. The summed E-state index contributed by atoms with van der Waals surface area (Å²) in [5, 5.41) is 0. The predicted octanol–water partition coefficient (Wildman–Crippen LogP) is 1.52. The van der Waals surface area contributed by atoms with Crippen LogP contribution in [-0.4, -0.2) is 89.0 Å². The first-order valence-electron chi connectivity index (χ1n) is 11.0. The topological polar surface area (TPSA) is 91.0 Å². The molecule has 9 heteroatoms. The molecule has 0 saturated carbocycles. The van der Waals surface area contributed by atoms with Crippen molar-refractivity contribution in [2.75, 3.05) is 46.4 Å². The summed E-state index contributed by atoms with van der Waals surface area (Å²) >= 11 is 0. The van der Waals surface area contributed by atoms with E-state index >= 15 is 0 Å². The number of imidazole rings is 1. The van der Waals surface area contributed by atoms with Crippen molar-refractivity contribution in [1.29, 1.82) is 0 Å². The molecule has 0 aliphatic carbocycles. The van der Waals surface area contributed by atoms with Gasteiger partial charge >= 0.3 is 0 Å². The number of nitrogens with one attached hydrogen (secondary N) is 1. The maximum Gasteiger partial charge on any atom is 0.248 e. The molecule has 1 saturated heterocycles. The Hall–Kier alpha value is -2.91. The number of carbonyl (C=O) groups is 2. The Morgan fingerprint density at radius 2 is 1.94 bits per heavy atom. The molecule has 2 aromatic rings. The lowest BCUT2D eigenvalue weighted by Crippen LogP contribution is -2.40. The Bertz CT molecular complexity index is 852. The van der Waals surface area contributed by atoms with Gasteiger partial charge in [-0.1, -0.05) is 12.1 Å². The van der Waals surface area contributed by atoms with Gasteiger partial charge in [-0.3, -0.25) is 14.5 Å². The summed E-state index contributed by atoms with van der Waals surface area (Å²) in [5.41, 5.74) is 1.01. The Morgan fingerprint density at radius 1 is 1.19 bits per heavy atom. The van der Waals surface area contributed by atoms with E-state index in [-0.39, 0.29) is 31.1 Å². The molecule has 0 radical (unpaired) electrons. The average molecular weight is 444 g/mol. The molecule has 1 fully saturated rings. The maximum atomic E-state index is 13.1. The van der Waals surface area contributed by atoms with Crippen LogP contribution in [0.25, 0.3) is 0 Å². The van der Waals surface area contributed by atoms with Crippen molar-refractivity contribution in [1.82, 2.24) is 24.7 Å². The molecule has 1 aromatic heterocycles. The van der Waals surface area contributed by atoms with Crippen molar-refractivity contribution in [3.05, 3.63) is 48.0 Å². The monoisotopic (exact) mass is 443 g/mol. The third kappa shape index (κ3) is 6.54. The van der Waals surface area contributed by atoms with Crippen molar-refractivity contribution in [3.8, 4) is 5.75 Å². The summed E-state index contributed by atoms with van der Waals surface area (Å²) in [6.45, 7) is 7.42. The van der Waals surface area contributed by atoms with Gasteiger partial charge in [0.15, 0.2) is 0 Å². The van der Waals surface area contributed by atoms with E-state index < -0.39 is 0 Å². The van der Waals surface area contributed by atoms with Crippen molar-refractivity contribution in [3.63, 3.8) is 0 Å².